The van der Waals surface area contributed by atoms with Gasteiger partial charge < -0.3 is 10.0 Å². The van der Waals surface area contributed by atoms with E-state index < -0.39 is 0 Å². The van der Waals surface area contributed by atoms with Crippen LogP contribution in [0.15, 0.2) is 66.0 Å². The Morgan fingerprint density at radius 1 is 0.955 bits per heavy atom. The van der Waals surface area contributed by atoms with Crippen molar-refractivity contribution in [3.8, 4) is 5.75 Å². The Hall–Kier alpha value is -2.26. The lowest BCUT2D eigenvalue weighted by molar-refractivity contribution is 0.467. The van der Waals surface area contributed by atoms with Crippen molar-refractivity contribution in [3.63, 3.8) is 0 Å². The maximum atomic E-state index is 10.5. The first-order valence-electron chi connectivity index (χ1n) is 7.25. The number of anilines is 1. The molecule has 1 heterocycles. The highest BCUT2D eigenvalue weighted by Crippen LogP contribution is 2.39. The van der Waals surface area contributed by atoms with E-state index in [9.17, 15) is 5.11 Å². The van der Waals surface area contributed by atoms with Gasteiger partial charge in [0.15, 0.2) is 0 Å². The number of rotatable bonds is 4. The fourth-order valence-electron chi connectivity index (χ4n) is 2.65. The van der Waals surface area contributed by atoms with Crippen LogP contribution in [0.4, 0.5) is 5.69 Å². The lowest BCUT2D eigenvalue weighted by atomic mass is 9.89. The van der Waals surface area contributed by atoms with Gasteiger partial charge in [0.05, 0.1) is 0 Å². The molecular weight excluding hydrogens is 290 g/mol. The van der Waals surface area contributed by atoms with Gasteiger partial charge in [0.1, 0.15) is 5.75 Å². The number of nitrogens with zero attached hydrogens (tertiary/aromatic N) is 1. The van der Waals surface area contributed by atoms with E-state index in [0.29, 0.717) is 5.75 Å². The summed E-state index contributed by atoms with van der Waals surface area (Å²) in [6, 6.07) is 20.4. The Morgan fingerprint density at radius 2 is 1.73 bits per heavy atom. The zero-order chi connectivity index (χ0) is 15.5. The molecule has 0 fully saturated rings. The van der Waals surface area contributed by atoms with E-state index in [1.165, 1.54) is 10.4 Å². The third kappa shape index (κ3) is 2.85. The molecule has 0 spiro atoms. The molecule has 1 N–H and O–H groups in total. The molecule has 0 radical (unpaired) electrons. The summed E-state index contributed by atoms with van der Waals surface area (Å²) in [5.74, 6) is 0.408. The minimum absolute atomic E-state index is 0.0670. The van der Waals surface area contributed by atoms with Crippen molar-refractivity contribution in [1.82, 2.24) is 0 Å². The molecule has 0 saturated carbocycles. The molecule has 22 heavy (non-hydrogen) atoms. The largest absolute Gasteiger partial charge is 0.508 e. The van der Waals surface area contributed by atoms with Crippen LogP contribution in [0.2, 0.25) is 0 Å². The molecule has 0 bridgehead atoms. The first kappa shape index (κ1) is 14.7. The molecule has 112 valence electrons. The molecule has 0 aliphatic heterocycles. The van der Waals surface area contributed by atoms with Crippen LogP contribution in [0, 0.1) is 0 Å². The summed E-state index contributed by atoms with van der Waals surface area (Å²) in [5, 5.41) is 12.6. The first-order valence-corrected chi connectivity index (χ1v) is 8.13. The van der Waals surface area contributed by atoms with Crippen LogP contribution in [0.5, 0.6) is 5.75 Å². The Kier molecular flexibility index (Phi) is 4.16. The molecule has 2 aromatic carbocycles. The summed E-state index contributed by atoms with van der Waals surface area (Å²) >= 11 is 1.72. The third-order valence-electron chi connectivity index (χ3n) is 3.80. The van der Waals surface area contributed by atoms with Gasteiger partial charge in [-0.2, -0.15) is 0 Å². The molecule has 1 aromatic heterocycles. The number of hydrogen-bond donors (Lipinski definition) is 1. The van der Waals surface area contributed by atoms with Crippen LogP contribution < -0.4 is 4.90 Å². The second kappa shape index (κ2) is 6.24. The molecule has 0 amide bonds. The van der Waals surface area contributed by atoms with E-state index in [-0.39, 0.29) is 5.92 Å². The summed E-state index contributed by atoms with van der Waals surface area (Å²) < 4.78 is 0. The van der Waals surface area contributed by atoms with Gasteiger partial charge in [0.25, 0.3) is 0 Å². The predicted octanol–water partition coefficient (Wildman–Crippen LogP) is 4.70. The van der Waals surface area contributed by atoms with Crippen molar-refractivity contribution in [1.29, 1.82) is 0 Å². The SMILES string of the molecule is CN(C)c1ccc([C@H](c2ccccc2)c2cccs2)c(O)c1. The maximum Gasteiger partial charge on any atom is 0.121 e. The number of phenolic OH excluding ortho intramolecular Hbond substituents is 1. The quantitative estimate of drug-likeness (QED) is 0.755. The summed E-state index contributed by atoms with van der Waals surface area (Å²) in [6.07, 6.45) is 0. The number of hydrogen-bond acceptors (Lipinski definition) is 3. The fourth-order valence-corrected chi connectivity index (χ4v) is 3.52. The van der Waals surface area contributed by atoms with Gasteiger partial charge in [-0.05, 0) is 23.1 Å². The molecule has 3 aromatic rings. The zero-order valence-electron chi connectivity index (χ0n) is 12.7. The first-order chi connectivity index (χ1) is 10.7. The molecule has 0 aliphatic carbocycles. The molecule has 0 saturated heterocycles. The van der Waals surface area contributed by atoms with Crippen LogP contribution in [0.1, 0.15) is 21.9 Å². The van der Waals surface area contributed by atoms with E-state index in [1.54, 1.807) is 11.3 Å². The normalized spacial score (nSPS) is 12.1. The summed E-state index contributed by atoms with van der Waals surface area (Å²) in [7, 11) is 3.95. The van der Waals surface area contributed by atoms with Crippen LogP contribution in [0.3, 0.4) is 0 Å². The number of benzene rings is 2. The highest BCUT2D eigenvalue weighted by Gasteiger charge is 2.21. The smallest absolute Gasteiger partial charge is 0.121 e. The minimum Gasteiger partial charge on any atom is -0.508 e. The molecule has 3 rings (SSSR count). The van der Waals surface area contributed by atoms with Gasteiger partial charge in [-0.15, -0.1) is 11.3 Å². The van der Waals surface area contributed by atoms with Gasteiger partial charge in [0.2, 0.25) is 0 Å². The molecule has 2 nitrogen and oxygen atoms in total. The third-order valence-corrected chi connectivity index (χ3v) is 4.74. The highest BCUT2D eigenvalue weighted by atomic mass is 32.1. The molecule has 0 aliphatic rings. The summed E-state index contributed by atoms with van der Waals surface area (Å²) in [5.41, 5.74) is 3.14. The Labute approximate surface area is 135 Å². The minimum atomic E-state index is 0.0670. The van der Waals surface area contributed by atoms with Crippen LogP contribution >= 0.6 is 11.3 Å². The maximum absolute atomic E-state index is 10.5. The van der Waals surface area contributed by atoms with Gasteiger partial charge in [-0.3, -0.25) is 0 Å². The van der Waals surface area contributed by atoms with Crippen LogP contribution in [-0.2, 0) is 0 Å². The van der Waals surface area contributed by atoms with Gasteiger partial charge in [-0.25, -0.2) is 0 Å². The number of phenols is 1. The molecule has 0 unspecified atom stereocenters. The number of aromatic hydroxyl groups is 1. The molecule has 1 atom stereocenters. The molecule has 3 heteroatoms. The second-order valence-electron chi connectivity index (χ2n) is 5.50. The Morgan fingerprint density at radius 3 is 2.32 bits per heavy atom. The number of thiophene rings is 1. The van der Waals surface area contributed by atoms with Crippen LogP contribution in [0.25, 0.3) is 0 Å². The van der Waals surface area contributed by atoms with E-state index in [4.69, 9.17) is 0 Å². The summed E-state index contributed by atoms with van der Waals surface area (Å²) in [4.78, 5) is 3.23. The van der Waals surface area contributed by atoms with Crippen molar-refractivity contribution in [2.75, 3.05) is 19.0 Å². The Bertz CT molecular complexity index is 735. The van der Waals surface area contributed by atoms with Crippen molar-refractivity contribution in [2.24, 2.45) is 0 Å². The van der Waals surface area contributed by atoms with Gasteiger partial charge >= 0.3 is 0 Å². The van der Waals surface area contributed by atoms with E-state index in [1.807, 2.05) is 49.3 Å². The zero-order valence-corrected chi connectivity index (χ0v) is 13.5. The van der Waals surface area contributed by atoms with E-state index in [2.05, 4.69) is 35.7 Å². The second-order valence-corrected chi connectivity index (χ2v) is 6.48. The topological polar surface area (TPSA) is 23.5 Å². The summed E-state index contributed by atoms with van der Waals surface area (Å²) in [6.45, 7) is 0. The van der Waals surface area contributed by atoms with Gasteiger partial charge in [-0.1, -0.05) is 42.5 Å². The highest BCUT2D eigenvalue weighted by molar-refractivity contribution is 7.10. The average molecular weight is 309 g/mol. The molecular formula is C19H19NOS. The lowest BCUT2D eigenvalue weighted by Gasteiger charge is -2.20. The standard InChI is InChI=1S/C19H19NOS/c1-20(2)15-10-11-16(17(21)13-15)19(18-9-6-12-22-18)14-7-4-3-5-8-14/h3-13,19,21H,1-2H3/t19-/m0/s1. The van der Waals surface area contributed by atoms with Crippen LogP contribution in [-0.4, -0.2) is 19.2 Å². The van der Waals surface area contributed by atoms with Crippen molar-refractivity contribution >= 4 is 17.0 Å². The average Bonchev–Trinajstić information content (AvgIpc) is 3.04. The predicted molar refractivity (Wildman–Crippen MR) is 94.1 cm³/mol. The van der Waals surface area contributed by atoms with E-state index in [0.717, 1.165) is 11.3 Å². The Balaban J connectivity index is 2.11. The fraction of sp³-hybridized carbons (Fsp3) is 0.158. The van der Waals surface area contributed by atoms with Crippen molar-refractivity contribution in [3.05, 3.63) is 82.0 Å². The lowest BCUT2D eigenvalue weighted by Crippen LogP contribution is -2.09. The van der Waals surface area contributed by atoms with Crippen molar-refractivity contribution < 1.29 is 5.11 Å². The van der Waals surface area contributed by atoms with E-state index >= 15 is 0 Å². The monoisotopic (exact) mass is 309 g/mol. The van der Waals surface area contributed by atoms with Crippen molar-refractivity contribution in [2.45, 2.75) is 5.92 Å². The van der Waals surface area contributed by atoms with Gasteiger partial charge in [0, 0.05) is 42.2 Å².